The molecular formula is C14H22N4O2S. The number of hydrogen-bond donors (Lipinski definition) is 3. The lowest BCUT2D eigenvalue weighted by molar-refractivity contribution is -0.120. The van der Waals surface area contributed by atoms with Crippen LogP contribution in [-0.2, 0) is 11.2 Å². The Morgan fingerprint density at radius 1 is 1.33 bits per heavy atom. The number of carbonyl (C=O) groups is 2. The molecule has 1 aromatic heterocycles. The fourth-order valence-electron chi connectivity index (χ4n) is 2.41. The summed E-state index contributed by atoms with van der Waals surface area (Å²) in [4.78, 5) is 27.4. The zero-order valence-electron chi connectivity index (χ0n) is 12.3. The van der Waals surface area contributed by atoms with E-state index in [1.807, 2.05) is 5.38 Å². The smallest absolute Gasteiger partial charge is 0.321 e. The van der Waals surface area contributed by atoms with E-state index in [-0.39, 0.29) is 18.0 Å². The van der Waals surface area contributed by atoms with Gasteiger partial charge in [-0.25, -0.2) is 9.78 Å². The third kappa shape index (κ3) is 5.34. The van der Waals surface area contributed by atoms with Gasteiger partial charge < -0.3 is 10.6 Å². The number of hydrogen-bond acceptors (Lipinski definition) is 4. The van der Waals surface area contributed by atoms with Crippen molar-refractivity contribution in [2.24, 2.45) is 0 Å². The predicted octanol–water partition coefficient (Wildman–Crippen LogP) is 2.28. The number of nitrogens with one attached hydrogen (secondary N) is 3. The first-order valence-electron chi connectivity index (χ1n) is 7.40. The summed E-state index contributed by atoms with van der Waals surface area (Å²) in [6.07, 6.45) is 6.75. The second-order valence-electron chi connectivity index (χ2n) is 5.25. The Kier molecular flexibility index (Phi) is 5.98. The molecule has 1 saturated carbocycles. The maximum absolute atomic E-state index is 11.9. The summed E-state index contributed by atoms with van der Waals surface area (Å²) in [6, 6.07) is 0.0977. The molecule has 0 radical (unpaired) electrons. The van der Waals surface area contributed by atoms with E-state index in [9.17, 15) is 9.59 Å². The van der Waals surface area contributed by atoms with Gasteiger partial charge in [-0.05, 0) is 19.3 Å². The van der Waals surface area contributed by atoms with Crippen molar-refractivity contribution < 1.29 is 9.59 Å². The van der Waals surface area contributed by atoms with Gasteiger partial charge in [0, 0.05) is 24.9 Å². The summed E-state index contributed by atoms with van der Waals surface area (Å²) < 4.78 is 0. The quantitative estimate of drug-likeness (QED) is 0.780. The maximum Gasteiger partial charge on any atom is 0.321 e. The summed E-state index contributed by atoms with van der Waals surface area (Å²) in [5.41, 5.74) is 0.830. The van der Waals surface area contributed by atoms with E-state index in [0.29, 0.717) is 18.0 Å². The van der Waals surface area contributed by atoms with Crippen LogP contribution in [0.25, 0.3) is 0 Å². The van der Waals surface area contributed by atoms with Gasteiger partial charge in [-0.1, -0.05) is 19.3 Å². The number of aromatic nitrogens is 1. The van der Waals surface area contributed by atoms with Crippen molar-refractivity contribution in [3.8, 4) is 0 Å². The van der Waals surface area contributed by atoms with Gasteiger partial charge >= 0.3 is 6.03 Å². The van der Waals surface area contributed by atoms with Crippen LogP contribution in [0.2, 0.25) is 0 Å². The molecule has 1 aromatic rings. The molecule has 21 heavy (non-hydrogen) atoms. The highest BCUT2D eigenvalue weighted by Gasteiger charge is 2.16. The minimum atomic E-state index is -0.186. The van der Waals surface area contributed by atoms with Gasteiger partial charge in [-0.2, -0.15) is 0 Å². The molecule has 6 nitrogen and oxygen atoms in total. The average Bonchev–Trinajstić information content (AvgIpc) is 2.93. The zero-order valence-corrected chi connectivity index (χ0v) is 13.1. The first-order valence-corrected chi connectivity index (χ1v) is 8.28. The van der Waals surface area contributed by atoms with Crippen molar-refractivity contribution in [1.82, 2.24) is 15.6 Å². The van der Waals surface area contributed by atoms with Crippen molar-refractivity contribution in [2.75, 3.05) is 12.4 Å². The highest BCUT2D eigenvalue weighted by Crippen LogP contribution is 2.19. The second-order valence-corrected chi connectivity index (χ2v) is 6.11. The molecule has 3 amide bonds. The van der Waals surface area contributed by atoms with Crippen molar-refractivity contribution in [3.63, 3.8) is 0 Å². The molecule has 2 rings (SSSR count). The number of rotatable bonds is 5. The summed E-state index contributed by atoms with van der Waals surface area (Å²) in [5.74, 6) is -0.00690. The number of amides is 3. The van der Waals surface area contributed by atoms with Crippen molar-refractivity contribution >= 4 is 28.4 Å². The van der Waals surface area contributed by atoms with E-state index in [0.717, 1.165) is 18.5 Å². The normalized spacial score (nSPS) is 15.5. The standard InChI is InChI=1S/C14H22N4O2S/c1-15-12(19)8-7-11-9-21-14(17-11)18-13(20)16-10-5-3-2-4-6-10/h9-10H,2-8H2,1H3,(H,15,19)(H2,16,17,18,20). The molecule has 0 bridgehead atoms. The SMILES string of the molecule is CNC(=O)CCc1csc(NC(=O)NC2CCCCC2)n1. The number of nitrogens with zero attached hydrogens (tertiary/aromatic N) is 1. The minimum Gasteiger partial charge on any atom is -0.359 e. The van der Waals surface area contributed by atoms with Crippen LogP contribution < -0.4 is 16.0 Å². The molecule has 3 N–H and O–H groups in total. The van der Waals surface area contributed by atoms with Crippen LogP contribution in [0.3, 0.4) is 0 Å². The number of thiazole rings is 1. The Bertz CT molecular complexity index is 483. The maximum atomic E-state index is 11.9. The summed E-state index contributed by atoms with van der Waals surface area (Å²) >= 11 is 1.38. The molecule has 0 atom stereocenters. The topological polar surface area (TPSA) is 83.1 Å². The van der Waals surface area contributed by atoms with Gasteiger partial charge in [0.1, 0.15) is 0 Å². The Labute approximate surface area is 128 Å². The van der Waals surface area contributed by atoms with Crippen LogP contribution in [-0.4, -0.2) is 30.0 Å². The Hall–Kier alpha value is -1.63. The van der Waals surface area contributed by atoms with E-state index < -0.39 is 0 Å². The molecule has 7 heteroatoms. The first-order chi connectivity index (χ1) is 10.2. The van der Waals surface area contributed by atoms with Gasteiger partial charge in [-0.15, -0.1) is 11.3 Å². The molecule has 0 spiro atoms. The molecule has 1 aliphatic carbocycles. The third-order valence-electron chi connectivity index (χ3n) is 3.60. The van der Waals surface area contributed by atoms with Gasteiger partial charge in [0.2, 0.25) is 5.91 Å². The summed E-state index contributed by atoms with van der Waals surface area (Å²) in [6.45, 7) is 0. The Morgan fingerprint density at radius 3 is 2.81 bits per heavy atom. The van der Waals surface area contributed by atoms with E-state index in [1.165, 1.54) is 30.6 Å². The summed E-state index contributed by atoms with van der Waals surface area (Å²) in [5, 5.41) is 10.8. The lowest BCUT2D eigenvalue weighted by atomic mass is 9.96. The highest BCUT2D eigenvalue weighted by molar-refractivity contribution is 7.13. The third-order valence-corrected chi connectivity index (χ3v) is 4.41. The average molecular weight is 310 g/mol. The molecule has 0 aromatic carbocycles. The van der Waals surface area contributed by atoms with Crippen LogP contribution in [0.4, 0.5) is 9.93 Å². The molecular weight excluding hydrogens is 288 g/mol. The molecule has 1 fully saturated rings. The molecule has 0 saturated heterocycles. The molecule has 0 unspecified atom stereocenters. The number of urea groups is 1. The van der Waals surface area contributed by atoms with Crippen molar-refractivity contribution in [3.05, 3.63) is 11.1 Å². The van der Waals surface area contributed by atoms with E-state index in [1.54, 1.807) is 7.05 Å². The van der Waals surface area contributed by atoms with Gasteiger partial charge in [0.05, 0.1) is 5.69 Å². The predicted molar refractivity (Wildman–Crippen MR) is 83.5 cm³/mol. The largest absolute Gasteiger partial charge is 0.359 e. The van der Waals surface area contributed by atoms with Crippen LogP contribution in [0, 0.1) is 0 Å². The minimum absolute atomic E-state index is 0.00690. The lowest BCUT2D eigenvalue weighted by Crippen LogP contribution is -2.38. The van der Waals surface area contributed by atoms with E-state index in [2.05, 4.69) is 20.9 Å². The van der Waals surface area contributed by atoms with Crippen LogP contribution in [0.15, 0.2) is 5.38 Å². The molecule has 0 aliphatic heterocycles. The number of aryl methyl sites for hydroxylation is 1. The zero-order chi connectivity index (χ0) is 15.1. The Balaban J connectivity index is 1.75. The molecule has 1 aliphatic rings. The van der Waals surface area contributed by atoms with Crippen LogP contribution >= 0.6 is 11.3 Å². The van der Waals surface area contributed by atoms with Crippen molar-refractivity contribution in [2.45, 2.75) is 51.0 Å². The number of carbonyl (C=O) groups excluding carboxylic acids is 2. The van der Waals surface area contributed by atoms with Gasteiger partial charge in [0.15, 0.2) is 5.13 Å². The lowest BCUT2D eigenvalue weighted by Gasteiger charge is -2.22. The monoisotopic (exact) mass is 310 g/mol. The fraction of sp³-hybridized carbons (Fsp3) is 0.643. The molecule has 1 heterocycles. The number of anilines is 1. The van der Waals surface area contributed by atoms with Gasteiger partial charge in [0.25, 0.3) is 0 Å². The van der Waals surface area contributed by atoms with E-state index in [4.69, 9.17) is 0 Å². The Morgan fingerprint density at radius 2 is 2.10 bits per heavy atom. The first kappa shape index (κ1) is 15.8. The van der Waals surface area contributed by atoms with E-state index >= 15 is 0 Å². The molecule has 116 valence electrons. The van der Waals surface area contributed by atoms with Crippen molar-refractivity contribution in [1.29, 1.82) is 0 Å². The second kappa shape index (κ2) is 7.97. The highest BCUT2D eigenvalue weighted by atomic mass is 32.1. The summed E-state index contributed by atoms with van der Waals surface area (Å²) in [7, 11) is 1.62. The van der Waals surface area contributed by atoms with Crippen LogP contribution in [0.5, 0.6) is 0 Å². The van der Waals surface area contributed by atoms with Crippen LogP contribution in [0.1, 0.15) is 44.2 Å². The fourth-order valence-corrected chi connectivity index (χ4v) is 3.15. The van der Waals surface area contributed by atoms with Gasteiger partial charge in [-0.3, -0.25) is 10.1 Å².